The molecular weight excluding hydrogens is 370 g/mol. The van der Waals surface area contributed by atoms with Crippen LogP contribution in [0.5, 0.6) is 11.5 Å². The van der Waals surface area contributed by atoms with Crippen LogP contribution in [0.2, 0.25) is 0 Å². The van der Waals surface area contributed by atoms with Crippen molar-refractivity contribution >= 4 is 17.5 Å². The van der Waals surface area contributed by atoms with Crippen LogP contribution in [0.1, 0.15) is 24.2 Å². The van der Waals surface area contributed by atoms with Crippen molar-refractivity contribution in [3.8, 4) is 11.5 Å². The minimum absolute atomic E-state index is 0.224. The van der Waals surface area contributed by atoms with Gasteiger partial charge in [-0.05, 0) is 44.2 Å². The number of benzene rings is 2. The van der Waals surface area contributed by atoms with Crippen LogP contribution in [0.25, 0.3) is 0 Å². The number of carbonyl (C=O) groups excluding carboxylic acids is 2. The number of para-hydroxylation sites is 1. The average molecular weight is 392 g/mol. The summed E-state index contributed by atoms with van der Waals surface area (Å²) < 4.78 is 38.0. The van der Waals surface area contributed by atoms with Gasteiger partial charge in [0.05, 0.1) is 13.7 Å². The van der Waals surface area contributed by atoms with E-state index in [0.717, 1.165) is 12.1 Å². The van der Waals surface area contributed by atoms with Gasteiger partial charge in [-0.1, -0.05) is 6.07 Å². The van der Waals surface area contributed by atoms with Gasteiger partial charge in [0.15, 0.2) is 11.5 Å². The summed E-state index contributed by atoms with van der Waals surface area (Å²) in [6.45, 7) is 3.83. The second-order valence-corrected chi connectivity index (χ2v) is 5.76. The summed E-state index contributed by atoms with van der Waals surface area (Å²) in [5.74, 6) is -2.03. The van der Waals surface area contributed by atoms with Crippen molar-refractivity contribution < 1.29 is 27.8 Å². The highest BCUT2D eigenvalue weighted by molar-refractivity contribution is 5.99. The van der Waals surface area contributed by atoms with Crippen LogP contribution in [-0.4, -0.2) is 43.5 Å². The summed E-state index contributed by atoms with van der Waals surface area (Å²) in [5.41, 5.74) is -0.245. The highest BCUT2D eigenvalue weighted by atomic mass is 19.1. The molecule has 6 nitrogen and oxygen atoms in total. The van der Waals surface area contributed by atoms with E-state index in [1.165, 1.54) is 24.1 Å². The number of carbonyl (C=O) groups is 2. The Labute approximate surface area is 162 Å². The van der Waals surface area contributed by atoms with E-state index in [9.17, 15) is 18.4 Å². The number of halogens is 2. The molecule has 28 heavy (non-hydrogen) atoms. The first-order valence-corrected chi connectivity index (χ1v) is 8.75. The van der Waals surface area contributed by atoms with Crippen LogP contribution >= 0.6 is 0 Å². The van der Waals surface area contributed by atoms with E-state index in [1.54, 1.807) is 19.1 Å². The molecule has 0 spiro atoms. The molecular formula is C20H22F2N2O4. The van der Waals surface area contributed by atoms with Gasteiger partial charge >= 0.3 is 0 Å². The first-order chi connectivity index (χ1) is 13.4. The molecule has 0 atom stereocenters. The summed E-state index contributed by atoms with van der Waals surface area (Å²) in [6, 6.07) is 7.96. The van der Waals surface area contributed by atoms with E-state index in [1.807, 2.05) is 6.92 Å². The molecule has 2 amide bonds. The standard InChI is InChI=1S/C20H22F2N2O4/c1-4-24(12-18(25)23-19-14(21)7-6-8-15(19)22)20(26)13-9-10-16(28-5-2)17(11-13)27-3/h6-11H,4-5,12H2,1-3H3,(H,23,25). The summed E-state index contributed by atoms with van der Waals surface area (Å²) in [7, 11) is 1.46. The van der Waals surface area contributed by atoms with Crippen LogP contribution in [0.4, 0.5) is 14.5 Å². The molecule has 0 unspecified atom stereocenters. The number of ether oxygens (including phenoxy) is 2. The van der Waals surface area contributed by atoms with Crippen molar-refractivity contribution in [2.24, 2.45) is 0 Å². The molecule has 0 fully saturated rings. The number of methoxy groups -OCH3 is 1. The lowest BCUT2D eigenvalue weighted by Gasteiger charge is -2.21. The van der Waals surface area contributed by atoms with Crippen LogP contribution in [-0.2, 0) is 4.79 Å². The molecule has 0 heterocycles. The minimum Gasteiger partial charge on any atom is -0.493 e. The highest BCUT2D eigenvalue weighted by Gasteiger charge is 2.20. The number of hydrogen-bond acceptors (Lipinski definition) is 4. The zero-order valence-corrected chi connectivity index (χ0v) is 15.9. The van der Waals surface area contributed by atoms with Crippen molar-refractivity contribution in [1.29, 1.82) is 0 Å². The van der Waals surface area contributed by atoms with E-state index in [4.69, 9.17) is 9.47 Å². The second-order valence-electron chi connectivity index (χ2n) is 5.76. The molecule has 0 bridgehead atoms. The lowest BCUT2D eigenvalue weighted by Crippen LogP contribution is -2.38. The number of likely N-dealkylation sites (N-methyl/N-ethyl adjacent to an activating group) is 1. The summed E-state index contributed by atoms with van der Waals surface area (Å²) in [4.78, 5) is 26.2. The molecule has 150 valence electrons. The van der Waals surface area contributed by atoms with Gasteiger partial charge in [-0.2, -0.15) is 0 Å². The normalized spacial score (nSPS) is 10.3. The van der Waals surface area contributed by atoms with Gasteiger partial charge < -0.3 is 19.7 Å². The number of hydrogen-bond donors (Lipinski definition) is 1. The molecule has 2 aromatic carbocycles. The molecule has 0 saturated heterocycles. The number of nitrogens with zero attached hydrogens (tertiary/aromatic N) is 1. The molecule has 1 N–H and O–H groups in total. The Hall–Kier alpha value is -3.16. The number of nitrogens with one attached hydrogen (secondary N) is 1. The maximum atomic E-state index is 13.7. The van der Waals surface area contributed by atoms with Gasteiger partial charge in [0, 0.05) is 12.1 Å². The smallest absolute Gasteiger partial charge is 0.254 e. The summed E-state index contributed by atoms with van der Waals surface area (Å²) in [6.07, 6.45) is 0. The number of amides is 2. The Balaban J connectivity index is 2.14. The maximum absolute atomic E-state index is 13.7. The van der Waals surface area contributed by atoms with E-state index >= 15 is 0 Å². The average Bonchev–Trinajstić information content (AvgIpc) is 2.69. The van der Waals surface area contributed by atoms with Crippen molar-refractivity contribution in [2.45, 2.75) is 13.8 Å². The third-order valence-corrected chi connectivity index (χ3v) is 3.94. The highest BCUT2D eigenvalue weighted by Crippen LogP contribution is 2.28. The van der Waals surface area contributed by atoms with Crippen LogP contribution in [0.15, 0.2) is 36.4 Å². The van der Waals surface area contributed by atoms with Crippen molar-refractivity contribution in [3.05, 3.63) is 53.6 Å². The fraction of sp³-hybridized carbons (Fsp3) is 0.300. The third-order valence-electron chi connectivity index (χ3n) is 3.94. The summed E-state index contributed by atoms with van der Waals surface area (Å²) in [5, 5.41) is 2.17. The topological polar surface area (TPSA) is 67.9 Å². The van der Waals surface area contributed by atoms with Gasteiger partial charge in [0.25, 0.3) is 5.91 Å². The summed E-state index contributed by atoms with van der Waals surface area (Å²) >= 11 is 0. The van der Waals surface area contributed by atoms with Crippen molar-refractivity contribution in [2.75, 3.05) is 32.1 Å². The molecule has 0 aliphatic rings. The Kier molecular flexibility index (Phi) is 7.31. The van der Waals surface area contributed by atoms with Gasteiger partial charge in [0.1, 0.15) is 23.9 Å². The fourth-order valence-corrected chi connectivity index (χ4v) is 2.55. The van der Waals surface area contributed by atoms with Gasteiger partial charge in [-0.3, -0.25) is 9.59 Å². The Morgan fingerprint density at radius 1 is 1.07 bits per heavy atom. The molecule has 8 heteroatoms. The van der Waals surface area contributed by atoms with Crippen molar-refractivity contribution in [3.63, 3.8) is 0 Å². The van der Waals surface area contributed by atoms with E-state index < -0.39 is 29.1 Å². The molecule has 2 rings (SSSR count). The largest absolute Gasteiger partial charge is 0.493 e. The number of rotatable bonds is 8. The second kappa shape index (κ2) is 9.68. The Morgan fingerprint density at radius 2 is 1.75 bits per heavy atom. The Morgan fingerprint density at radius 3 is 2.32 bits per heavy atom. The van der Waals surface area contributed by atoms with Crippen LogP contribution < -0.4 is 14.8 Å². The minimum atomic E-state index is -0.890. The predicted molar refractivity (Wildman–Crippen MR) is 101 cm³/mol. The fourth-order valence-electron chi connectivity index (χ4n) is 2.55. The molecule has 0 aliphatic heterocycles. The van der Waals surface area contributed by atoms with Gasteiger partial charge in [-0.15, -0.1) is 0 Å². The van der Waals surface area contributed by atoms with Gasteiger partial charge in [0.2, 0.25) is 5.91 Å². The van der Waals surface area contributed by atoms with Crippen LogP contribution in [0, 0.1) is 11.6 Å². The zero-order chi connectivity index (χ0) is 20.7. The molecule has 0 radical (unpaired) electrons. The lowest BCUT2D eigenvalue weighted by atomic mass is 10.1. The lowest BCUT2D eigenvalue weighted by molar-refractivity contribution is -0.116. The molecule has 0 aromatic heterocycles. The van der Waals surface area contributed by atoms with E-state index in [-0.39, 0.29) is 13.1 Å². The monoisotopic (exact) mass is 392 g/mol. The van der Waals surface area contributed by atoms with Crippen molar-refractivity contribution in [1.82, 2.24) is 4.90 Å². The zero-order valence-electron chi connectivity index (χ0n) is 15.9. The first-order valence-electron chi connectivity index (χ1n) is 8.75. The molecule has 2 aromatic rings. The Bertz CT molecular complexity index is 838. The quantitative estimate of drug-likeness (QED) is 0.747. The first kappa shape index (κ1) is 21.1. The number of anilines is 1. The molecule has 0 aliphatic carbocycles. The SMILES string of the molecule is CCOc1ccc(C(=O)N(CC)CC(=O)Nc2c(F)cccc2F)cc1OC. The van der Waals surface area contributed by atoms with Gasteiger partial charge in [-0.25, -0.2) is 8.78 Å². The van der Waals surface area contributed by atoms with Crippen LogP contribution in [0.3, 0.4) is 0 Å². The maximum Gasteiger partial charge on any atom is 0.254 e. The molecule has 0 saturated carbocycles. The third kappa shape index (κ3) is 4.97. The predicted octanol–water partition coefficient (Wildman–Crippen LogP) is 3.47. The van der Waals surface area contributed by atoms with E-state index in [2.05, 4.69) is 5.32 Å². The van der Waals surface area contributed by atoms with E-state index in [0.29, 0.717) is 23.7 Å².